The van der Waals surface area contributed by atoms with Crippen LogP contribution in [0.15, 0.2) is 24.3 Å². The van der Waals surface area contributed by atoms with Gasteiger partial charge in [-0.05, 0) is 44.9 Å². The molecule has 1 N–H and O–H groups in total. The molecule has 0 fully saturated rings. The zero-order chi connectivity index (χ0) is 14.1. The van der Waals surface area contributed by atoms with E-state index in [4.69, 9.17) is 13.3 Å². The first-order valence-electron chi connectivity index (χ1n) is 6.85. The first kappa shape index (κ1) is 16.2. The van der Waals surface area contributed by atoms with Crippen LogP contribution < -0.4 is 0 Å². The number of phenols is 1. The Balaban J connectivity index is 2.70. The Morgan fingerprint density at radius 3 is 2.05 bits per heavy atom. The predicted molar refractivity (Wildman–Crippen MR) is 77.2 cm³/mol. The Morgan fingerprint density at radius 1 is 1.00 bits per heavy atom. The van der Waals surface area contributed by atoms with Crippen LogP contribution in [0.1, 0.15) is 26.3 Å². The van der Waals surface area contributed by atoms with Gasteiger partial charge < -0.3 is 18.4 Å². The zero-order valence-electron chi connectivity index (χ0n) is 12.0. The molecule has 0 atom stereocenters. The topological polar surface area (TPSA) is 47.9 Å². The quantitative estimate of drug-likeness (QED) is 0.708. The second kappa shape index (κ2) is 8.32. The molecule has 108 valence electrons. The molecule has 0 saturated heterocycles. The van der Waals surface area contributed by atoms with Crippen molar-refractivity contribution in [3.63, 3.8) is 0 Å². The van der Waals surface area contributed by atoms with E-state index in [0.29, 0.717) is 19.8 Å². The summed E-state index contributed by atoms with van der Waals surface area (Å²) < 4.78 is 17.4. The summed E-state index contributed by atoms with van der Waals surface area (Å²) in [5, 5.41) is 9.47. The average molecular weight is 284 g/mol. The third kappa shape index (κ3) is 5.32. The molecule has 0 heterocycles. The lowest BCUT2D eigenvalue weighted by atomic mass is 10.2. The Kier molecular flexibility index (Phi) is 7.08. The van der Waals surface area contributed by atoms with Gasteiger partial charge in [-0.15, -0.1) is 0 Å². The van der Waals surface area contributed by atoms with E-state index in [9.17, 15) is 5.11 Å². The summed E-state index contributed by atoms with van der Waals surface area (Å²) in [5.74, 6) is 0.286. The van der Waals surface area contributed by atoms with E-state index in [1.165, 1.54) is 0 Å². The Morgan fingerprint density at radius 2 is 1.58 bits per heavy atom. The monoisotopic (exact) mass is 284 g/mol. The van der Waals surface area contributed by atoms with Gasteiger partial charge in [-0.2, -0.15) is 0 Å². The van der Waals surface area contributed by atoms with Crippen molar-refractivity contribution in [2.24, 2.45) is 0 Å². The van der Waals surface area contributed by atoms with Gasteiger partial charge in [-0.25, -0.2) is 0 Å². The number of hydrogen-bond acceptors (Lipinski definition) is 4. The molecule has 0 saturated carbocycles. The fourth-order valence-electron chi connectivity index (χ4n) is 2.01. The first-order chi connectivity index (χ1) is 9.15. The highest BCUT2D eigenvalue weighted by Gasteiger charge is 2.39. The molecule has 0 aliphatic carbocycles. The second-order valence-corrected chi connectivity index (χ2v) is 6.88. The molecule has 0 bridgehead atoms. The number of benzene rings is 1. The van der Waals surface area contributed by atoms with Crippen molar-refractivity contribution in [2.75, 3.05) is 19.8 Å². The van der Waals surface area contributed by atoms with E-state index >= 15 is 0 Å². The molecule has 1 aromatic carbocycles. The van der Waals surface area contributed by atoms with Crippen molar-refractivity contribution >= 4 is 8.80 Å². The van der Waals surface area contributed by atoms with Crippen molar-refractivity contribution < 1.29 is 18.4 Å². The van der Waals surface area contributed by atoms with E-state index in [1.54, 1.807) is 12.1 Å². The van der Waals surface area contributed by atoms with Crippen LogP contribution in [0.5, 0.6) is 5.75 Å². The summed E-state index contributed by atoms with van der Waals surface area (Å²) in [7, 11) is -2.58. The molecular weight excluding hydrogens is 260 g/mol. The molecular formula is C14H24O4Si. The molecule has 4 nitrogen and oxygen atoms in total. The lowest BCUT2D eigenvalue weighted by molar-refractivity contribution is 0.0714. The number of hydrogen-bond donors (Lipinski definition) is 1. The van der Waals surface area contributed by atoms with Crippen molar-refractivity contribution in [3.8, 4) is 5.75 Å². The van der Waals surface area contributed by atoms with Crippen molar-refractivity contribution in [1.82, 2.24) is 0 Å². The second-order valence-electron chi connectivity index (χ2n) is 4.15. The summed E-state index contributed by atoms with van der Waals surface area (Å²) in [6, 6.07) is 8.00. The Bertz CT molecular complexity index is 353. The smallest absolute Gasteiger partial charge is 0.501 e. The standard InChI is InChI=1S/C14H24O4Si/c1-4-16-19(17-5-2,18-6-3)11-10-13-8-7-9-14(15)12-13/h7-9,12,15H,4-6,10-11H2,1-3H3. The molecule has 19 heavy (non-hydrogen) atoms. The number of phenolic OH excluding ortho intramolecular Hbond substituents is 1. The highest BCUT2D eigenvalue weighted by molar-refractivity contribution is 6.60. The van der Waals surface area contributed by atoms with Gasteiger partial charge in [-0.1, -0.05) is 12.1 Å². The van der Waals surface area contributed by atoms with Crippen molar-refractivity contribution in [3.05, 3.63) is 29.8 Å². The van der Waals surface area contributed by atoms with E-state index in [1.807, 2.05) is 32.9 Å². The van der Waals surface area contributed by atoms with Gasteiger partial charge in [0.25, 0.3) is 0 Å². The third-order valence-electron chi connectivity index (χ3n) is 2.72. The molecule has 0 aromatic heterocycles. The number of aromatic hydroxyl groups is 1. The van der Waals surface area contributed by atoms with Crippen molar-refractivity contribution in [1.29, 1.82) is 0 Å². The van der Waals surface area contributed by atoms with Crippen LogP contribution in [-0.2, 0) is 19.7 Å². The summed E-state index contributed by atoms with van der Waals surface area (Å²) in [4.78, 5) is 0. The lowest BCUT2D eigenvalue weighted by Crippen LogP contribution is -2.46. The van der Waals surface area contributed by atoms with Crippen LogP contribution in [0.4, 0.5) is 0 Å². The highest BCUT2D eigenvalue weighted by Crippen LogP contribution is 2.21. The van der Waals surface area contributed by atoms with Gasteiger partial charge in [-0.3, -0.25) is 0 Å². The summed E-state index contributed by atoms with van der Waals surface area (Å²) in [5.41, 5.74) is 1.07. The highest BCUT2D eigenvalue weighted by atomic mass is 28.4. The van der Waals surface area contributed by atoms with Gasteiger partial charge in [0, 0.05) is 25.9 Å². The molecule has 0 radical (unpaired) electrons. The molecule has 0 aliphatic rings. The van der Waals surface area contributed by atoms with Crippen molar-refractivity contribution in [2.45, 2.75) is 33.2 Å². The molecule has 0 amide bonds. The minimum absolute atomic E-state index is 0.286. The SMILES string of the molecule is CCO[Si](CCc1cccc(O)c1)(OCC)OCC. The van der Waals surface area contributed by atoms with E-state index in [2.05, 4.69) is 0 Å². The Labute approximate surface area is 116 Å². The summed E-state index contributed by atoms with van der Waals surface area (Å²) in [6.07, 6.45) is 0.778. The van der Waals surface area contributed by atoms with Gasteiger partial charge in [0.1, 0.15) is 5.75 Å². The zero-order valence-corrected chi connectivity index (χ0v) is 13.0. The van der Waals surface area contributed by atoms with Crippen LogP contribution in [-0.4, -0.2) is 33.7 Å². The molecule has 1 rings (SSSR count). The molecule has 5 heteroatoms. The van der Waals surface area contributed by atoms with Gasteiger partial charge in [0.05, 0.1) is 0 Å². The summed E-state index contributed by atoms with van der Waals surface area (Å²) in [6.45, 7) is 7.63. The molecule has 0 spiro atoms. The molecule has 0 aliphatic heterocycles. The average Bonchev–Trinajstić information content (AvgIpc) is 2.38. The largest absolute Gasteiger partial charge is 0.508 e. The fraction of sp³-hybridized carbons (Fsp3) is 0.571. The number of aryl methyl sites for hydroxylation is 1. The van der Waals surface area contributed by atoms with Crippen LogP contribution >= 0.6 is 0 Å². The van der Waals surface area contributed by atoms with Gasteiger partial charge >= 0.3 is 8.80 Å². The van der Waals surface area contributed by atoms with E-state index in [0.717, 1.165) is 18.0 Å². The molecule has 0 unspecified atom stereocenters. The maximum absolute atomic E-state index is 9.47. The maximum atomic E-state index is 9.47. The summed E-state index contributed by atoms with van der Waals surface area (Å²) >= 11 is 0. The van der Waals surface area contributed by atoms with Crippen LogP contribution in [0, 0.1) is 0 Å². The van der Waals surface area contributed by atoms with Crippen LogP contribution in [0.2, 0.25) is 6.04 Å². The normalized spacial score (nSPS) is 11.7. The number of rotatable bonds is 9. The third-order valence-corrected chi connectivity index (χ3v) is 5.77. The molecule has 1 aromatic rings. The van der Waals surface area contributed by atoms with Crippen LogP contribution in [0.25, 0.3) is 0 Å². The predicted octanol–water partition coefficient (Wildman–Crippen LogP) is 2.98. The maximum Gasteiger partial charge on any atom is 0.501 e. The fourth-order valence-corrected chi connectivity index (χ4v) is 4.61. The van der Waals surface area contributed by atoms with E-state index < -0.39 is 8.80 Å². The Hall–Kier alpha value is -0.883. The van der Waals surface area contributed by atoms with E-state index in [-0.39, 0.29) is 5.75 Å². The van der Waals surface area contributed by atoms with Gasteiger partial charge in [0.2, 0.25) is 0 Å². The lowest BCUT2D eigenvalue weighted by Gasteiger charge is -2.28. The first-order valence-corrected chi connectivity index (χ1v) is 8.78. The minimum Gasteiger partial charge on any atom is -0.508 e. The minimum atomic E-state index is -2.58. The van der Waals surface area contributed by atoms with Gasteiger partial charge in [0.15, 0.2) is 0 Å². The van der Waals surface area contributed by atoms with Crippen LogP contribution in [0.3, 0.4) is 0 Å².